The molecule has 4 nitrogen and oxygen atoms in total. The lowest BCUT2D eigenvalue weighted by Gasteiger charge is -2.21. The fourth-order valence-corrected chi connectivity index (χ4v) is 3.48. The lowest BCUT2D eigenvalue weighted by Crippen LogP contribution is -2.38. The molecule has 3 rings (SSSR count). The molecule has 1 aromatic rings. The van der Waals surface area contributed by atoms with Crippen LogP contribution >= 0.6 is 0 Å². The number of nitrogens with zero attached hydrogens (tertiary/aromatic N) is 1. The Labute approximate surface area is 120 Å². The third-order valence-electron chi connectivity index (χ3n) is 4.45. The molecule has 0 spiro atoms. The molecule has 2 atom stereocenters. The molecule has 108 valence electrons. The van der Waals surface area contributed by atoms with Crippen LogP contribution in [-0.2, 0) is 11.3 Å². The second kappa shape index (κ2) is 5.94. The summed E-state index contributed by atoms with van der Waals surface area (Å²) in [5, 5.41) is 6.49. The summed E-state index contributed by atoms with van der Waals surface area (Å²) in [6.07, 6.45) is 3.97. The second-order valence-electron chi connectivity index (χ2n) is 5.90. The Morgan fingerprint density at radius 3 is 2.80 bits per heavy atom. The number of fused-ring (bicyclic) bond motifs is 1. The number of amides is 1. The Kier molecular flexibility index (Phi) is 4.03. The first kappa shape index (κ1) is 13.6. The second-order valence-corrected chi connectivity index (χ2v) is 5.90. The zero-order valence-corrected chi connectivity index (χ0v) is 12.1. The van der Waals surface area contributed by atoms with Crippen molar-refractivity contribution in [1.29, 1.82) is 0 Å². The number of rotatable bonds is 4. The quantitative estimate of drug-likeness (QED) is 0.881. The number of hydrogen-bond donors (Lipinski definition) is 2. The summed E-state index contributed by atoms with van der Waals surface area (Å²) in [7, 11) is 0. The molecule has 0 bridgehead atoms. The molecule has 0 radical (unpaired) electrons. The highest BCUT2D eigenvalue weighted by atomic mass is 16.1. The van der Waals surface area contributed by atoms with Gasteiger partial charge in [0.2, 0.25) is 5.91 Å². The zero-order chi connectivity index (χ0) is 13.9. The number of carbonyl (C=O) groups is 1. The van der Waals surface area contributed by atoms with E-state index in [4.69, 9.17) is 0 Å². The highest BCUT2D eigenvalue weighted by Crippen LogP contribution is 2.28. The minimum atomic E-state index is -0.0249. The Morgan fingerprint density at radius 1 is 1.25 bits per heavy atom. The molecule has 20 heavy (non-hydrogen) atoms. The molecule has 2 N–H and O–H groups in total. The third-order valence-corrected chi connectivity index (χ3v) is 4.45. The van der Waals surface area contributed by atoms with E-state index in [9.17, 15) is 4.79 Å². The van der Waals surface area contributed by atoms with Crippen LogP contribution in [0.3, 0.4) is 0 Å². The van der Waals surface area contributed by atoms with E-state index in [1.165, 1.54) is 44.8 Å². The van der Waals surface area contributed by atoms with Crippen LogP contribution in [0.25, 0.3) is 0 Å². The smallest absolute Gasteiger partial charge is 0.221 e. The summed E-state index contributed by atoms with van der Waals surface area (Å²) in [6.45, 7) is 4.98. The molecule has 2 saturated heterocycles. The van der Waals surface area contributed by atoms with Gasteiger partial charge < -0.3 is 10.6 Å². The van der Waals surface area contributed by atoms with Crippen molar-refractivity contribution in [1.82, 2.24) is 10.2 Å². The normalized spacial score (nSPS) is 25.6. The van der Waals surface area contributed by atoms with E-state index in [1.807, 2.05) is 12.1 Å². The summed E-state index contributed by atoms with van der Waals surface area (Å²) in [4.78, 5) is 13.6. The molecular weight excluding hydrogens is 250 g/mol. The molecule has 1 aromatic carbocycles. The van der Waals surface area contributed by atoms with Crippen LogP contribution in [0.4, 0.5) is 5.69 Å². The number of nitrogens with one attached hydrogen (secondary N) is 2. The summed E-state index contributed by atoms with van der Waals surface area (Å²) in [6, 6.07) is 9.50. The molecule has 2 fully saturated rings. The number of benzene rings is 1. The topological polar surface area (TPSA) is 44.4 Å². The first-order valence-corrected chi connectivity index (χ1v) is 7.56. The lowest BCUT2D eigenvalue weighted by molar-refractivity contribution is -0.114. The molecule has 0 saturated carbocycles. The van der Waals surface area contributed by atoms with Crippen LogP contribution in [0.15, 0.2) is 24.3 Å². The van der Waals surface area contributed by atoms with E-state index in [-0.39, 0.29) is 5.91 Å². The van der Waals surface area contributed by atoms with Gasteiger partial charge in [-0.25, -0.2) is 0 Å². The van der Waals surface area contributed by atoms with Crippen molar-refractivity contribution in [2.45, 2.75) is 44.8 Å². The maximum atomic E-state index is 11.0. The summed E-state index contributed by atoms with van der Waals surface area (Å²) < 4.78 is 0. The van der Waals surface area contributed by atoms with Gasteiger partial charge in [0, 0.05) is 37.8 Å². The third kappa shape index (κ3) is 3.02. The van der Waals surface area contributed by atoms with Crippen LogP contribution < -0.4 is 10.6 Å². The van der Waals surface area contributed by atoms with Crippen molar-refractivity contribution in [3.63, 3.8) is 0 Å². The molecule has 2 aliphatic rings. The monoisotopic (exact) mass is 273 g/mol. The van der Waals surface area contributed by atoms with Crippen molar-refractivity contribution in [3.8, 4) is 0 Å². The number of anilines is 1. The minimum absolute atomic E-state index is 0.0249. The number of carbonyl (C=O) groups excluding carboxylic acids is 1. The van der Waals surface area contributed by atoms with Crippen molar-refractivity contribution in [2.24, 2.45) is 0 Å². The fourth-order valence-electron chi connectivity index (χ4n) is 3.48. The largest absolute Gasteiger partial charge is 0.326 e. The lowest BCUT2D eigenvalue weighted by atomic mass is 10.1. The van der Waals surface area contributed by atoms with Gasteiger partial charge in [-0.05, 0) is 43.5 Å². The maximum absolute atomic E-state index is 11.0. The highest BCUT2D eigenvalue weighted by Gasteiger charge is 2.36. The Hall–Kier alpha value is -1.39. The van der Waals surface area contributed by atoms with E-state index in [0.29, 0.717) is 6.04 Å². The summed E-state index contributed by atoms with van der Waals surface area (Å²) in [5.74, 6) is -0.0249. The molecule has 2 aliphatic heterocycles. The van der Waals surface area contributed by atoms with Crippen molar-refractivity contribution < 1.29 is 4.79 Å². The predicted molar refractivity (Wildman–Crippen MR) is 80.6 cm³/mol. The first-order chi connectivity index (χ1) is 9.72. The van der Waals surface area contributed by atoms with Crippen LogP contribution in [0.1, 0.15) is 31.7 Å². The van der Waals surface area contributed by atoms with Crippen molar-refractivity contribution >= 4 is 11.6 Å². The van der Waals surface area contributed by atoms with Crippen LogP contribution in [0, 0.1) is 0 Å². The Morgan fingerprint density at radius 2 is 2.05 bits per heavy atom. The van der Waals surface area contributed by atoms with Gasteiger partial charge in [-0.15, -0.1) is 0 Å². The number of hydrogen-bond acceptors (Lipinski definition) is 3. The SMILES string of the molecule is CC(=O)Nc1ccc(CNC2CCN3CCCC23)cc1. The van der Waals surface area contributed by atoms with E-state index >= 15 is 0 Å². The van der Waals surface area contributed by atoms with Crippen molar-refractivity contribution in [3.05, 3.63) is 29.8 Å². The van der Waals surface area contributed by atoms with Crippen LogP contribution in [0.5, 0.6) is 0 Å². The minimum Gasteiger partial charge on any atom is -0.326 e. The van der Waals surface area contributed by atoms with Gasteiger partial charge in [-0.3, -0.25) is 9.69 Å². The standard InChI is InChI=1S/C16H23N3O/c1-12(20)18-14-6-4-13(5-7-14)11-17-15-8-10-19-9-2-3-16(15)19/h4-7,15-17H,2-3,8-11H2,1H3,(H,18,20). The maximum Gasteiger partial charge on any atom is 0.221 e. The zero-order valence-electron chi connectivity index (χ0n) is 12.1. The van der Waals surface area contributed by atoms with Crippen LogP contribution in [-0.4, -0.2) is 36.0 Å². The average Bonchev–Trinajstić information content (AvgIpc) is 3.01. The molecule has 0 aromatic heterocycles. The van der Waals surface area contributed by atoms with E-state index in [2.05, 4.69) is 27.7 Å². The predicted octanol–water partition coefficient (Wildman–Crippen LogP) is 1.97. The van der Waals surface area contributed by atoms with Gasteiger partial charge >= 0.3 is 0 Å². The Bertz CT molecular complexity index is 471. The van der Waals surface area contributed by atoms with Gasteiger partial charge in [0.1, 0.15) is 0 Å². The summed E-state index contributed by atoms with van der Waals surface area (Å²) >= 11 is 0. The van der Waals surface area contributed by atoms with Gasteiger partial charge in [0.05, 0.1) is 0 Å². The van der Waals surface area contributed by atoms with Gasteiger partial charge in [0.15, 0.2) is 0 Å². The van der Waals surface area contributed by atoms with E-state index in [1.54, 1.807) is 0 Å². The molecule has 2 heterocycles. The molecule has 4 heteroatoms. The average molecular weight is 273 g/mol. The fraction of sp³-hybridized carbons (Fsp3) is 0.562. The first-order valence-electron chi connectivity index (χ1n) is 7.56. The van der Waals surface area contributed by atoms with Crippen LogP contribution in [0.2, 0.25) is 0 Å². The van der Waals surface area contributed by atoms with Gasteiger partial charge in [-0.1, -0.05) is 12.1 Å². The highest BCUT2D eigenvalue weighted by molar-refractivity contribution is 5.88. The molecular formula is C16H23N3O. The van der Waals surface area contributed by atoms with Crippen molar-refractivity contribution in [2.75, 3.05) is 18.4 Å². The molecule has 1 amide bonds. The van der Waals surface area contributed by atoms with E-state index < -0.39 is 0 Å². The Balaban J connectivity index is 1.52. The summed E-state index contributed by atoms with van der Waals surface area (Å²) in [5.41, 5.74) is 2.14. The molecule has 2 unspecified atom stereocenters. The van der Waals surface area contributed by atoms with E-state index in [0.717, 1.165) is 18.3 Å². The van der Waals surface area contributed by atoms with Gasteiger partial charge in [0.25, 0.3) is 0 Å². The molecule has 0 aliphatic carbocycles. The van der Waals surface area contributed by atoms with Gasteiger partial charge in [-0.2, -0.15) is 0 Å².